The molecule has 2 aromatic carbocycles. The maximum atomic E-state index is 12.7. The molecule has 12 heteroatoms. The highest BCUT2D eigenvalue weighted by molar-refractivity contribution is 7.85. The number of amides is 1. The lowest BCUT2D eigenvalue weighted by Gasteiger charge is -2.52. The molecule has 0 saturated carbocycles. The number of hydrogen-bond donors (Lipinski definition) is 1. The van der Waals surface area contributed by atoms with E-state index in [1.165, 1.54) is 4.90 Å². The largest absolute Gasteiger partial charge is 0.497 e. The average molecular weight is 635 g/mol. The van der Waals surface area contributed by atoms with Crippen LogP contribution in [0.15, 0.2) is 42.5 Å². The second kappa shape index (κ2) is 14.4. The number of anilines is 1. The fraction of sp³-hybridized carbons (Fsp3) is 0.594. The first kappa shape index (κ1) is 33.8. The normalized spacial score (nSPS) is 22.3. The van der Waals surface area contributed by atoms with E-state index < -0.39 is 39.7 Å². The van der Waals surface area contributed by atoms with E-state index in [0.717, 1.165) is 48.3 Å². The number of nitrogens with zero attached hydrogens (tertiary/aromatic N) is 2. The van der Waals surface area contributed by atoms with Gasteiger partial charge >= 0.3 is 6.09 Å². The van der Waals surface area contributed by atoms with Crippen LogP contribution in [-0.4, -0.2) is 96.6 Å². The third-order valence-electron chi connectivity index (χ3n) is 8.31. The molecule has 44 heavy (non-hydrogen) atoms. The van der Waals surface area contributed by atoms with Gasteiger partial charge in [0.15, 0.2) is 0 Å². The van der Waals surface area contributed by atoms with Crippen LogP contribution in [-0.2, 0) is 30.4 Å². The summed E-state index contributed by atoms with van der Waals surface area (Å²) in [5.74, 6) is 0.598. The van der Waals surface area contributed by atoms with E-state index in [0.29, 0.717) is 19.0 Å². The van der Waals surface area contributed by atoms with Gasteiger partial charge in [-0.15, -0.1) is 0 Å². The highest BCUT2D eigenvalue weighted by Gasteiger charge is 2.51. The van der Waals surface area contributed by atoms with Gasteiger partial charge in [0.2, 0.25) is 0 Å². The molecular formula is C32H46N2O9S. The lowest BCUT2D eigenvalue weighted by Crippen LogP contribution is -2.62. The van der Waals surface area contributed by atoms with Crippen LogP contribution in [0.5, 0.6) is 11.5 Å². The number of ether oxygens (including phenoxy) is 4. The molecule has 4 atom stereocenters. The third kappa shape index (κ3) is 8.35. The van der Waals surface area contributed by atoms with Gasteiger partial charge in [-0.3, -0.25) is 4.18 Å². The Kier molecular flexibility index (Phi) is 11.0. The van der Waals surface area contributed by atoms with Crippen molar-refractivity contribution < 1.29 is 41.4 Å². The quantitative estimate of drug-likeness (QED) is 0.262. The van der Waals surface area contributed by atoms with Gasteiger partial charge in [-0.25, -0.2) is 4.79 Å². The van der Waals surface area contributed by atoms with Crippen LogP contribution in [0, 0.1) is 11.3 Å². The summed E-state index contributed by atoms with van der Waals surface area (Å²) in [7, 11) is -0.508. The molecule has 0 aromatic heterocycles. The predicted octanol–water partition coefficient (Wildman–Crippen LogP) is 4.60. The first-order valence-corrected chi connectivity index (χ1v) is 16.7. The topological polar surface area (TPSA) is 124 Å². The smallest absolute Gasteiger partial charge is 0.407 e. The van der Waals surface area contributed by atoms with E-state index in [9.17, 15) is 18.3 Å². The molecule has 4 rings (SSSR count). The summed E-state index contributed by atoms with van der Waals surface area (Å²) in [5.41, 5.74) is 2.27. The summed E-state index contributed by atoms with van der Waals surface area (Å²) in [5, 5.41) is 10.4. The van der Waals surface area contributed by atoms with Crippen LogP contribution in [0.1, 0.15) is 44.2 Å². The molecule has 0 bridgehead atoms. The van der Waals surface area contributed by atoms with Crippen molar-refractivity contribution >= 4 is 21.9 Å². The second-order valence-corrected chi connectivity index (χ2v) is 14.2. The Morgan fingerprint density at radius 1 is 1.11 bits per heavy atom. The first-order chi connectivity index (χ1) is 20.8. The molecule has 2 heterocycles. The number of rotatable bonds is 12. The minimum atomic E-state index is -3.79. The number of carbonyl (C=O) groups is 1. The standard InChI is InChI=1S/C32H46N2O9S/c1-32(2,3)30-25(21-43-44(6,37)38)29(23-9-11-24(40-5)12-10-23)28(19-34(30)31(35)36)42-20-22-8-13-27-26(18-22)33(15-17-41-27)14-7-16-39-4/h8-13,18,25,28-30H,7,14-17,19-21H2,1-6H3,(H,35,36)/t25-,28-,29-,30?/m0/s1. The van der Waals surface area contributed by atoms with Crippen molar-refractivity contribution in [1.29, 1.82) is 0 Å². The number of carboxylic acid groups (broad SMARTS) is 1. The predicted molar refractivity (Wildman–Crippen MR) is 167 cm³/mol. The van der Waals surface area contributed by atoms with E-state index in [1.54, 1.807) is 14.2 Å². The van der Waals surface area contributed by atoms with Crippen molar-refractivity contribution in [2.45, 2.75) is 51.9 Å². The van der Waals surface area contributed by atoms with E-state index in [4.69, 9.17) is 23.1 Å². The summed E-state index contributed by atoms with van der Waals surface area (Å²) in [6.45, 7) is 8.91. The van der Waals surface area contributed by atoms with Gasteiger partial charge in [-0.05, 0) is 47.2 Å². The molecule has 244 valence electrons. The number of methoxy groups -OCH3 is 2. The Morgan fingerprint density at radius 2 is 1.84 bits per heavy atom. The second-order valence-electron chi connectivity index (χ2n) is 12.5. The van der Waals surface area contributed by atoms with Crippen molar-refractivity contribution in [3.8, 4) is 11.5 Å². The lowest BCUT2D eigenvalue weighted by atomic mass is 9.67. The molecule has 1 amide bonds. The summed E-state index contributed by atoms with van der Waals surface area (Å²) >= 11 is 0. The number of hydrogen-bond acceptors (Lipinski definition) is 9. The molecule has 2 aliphatic rings. The van der Waals surface area contributed by atoms with Crippen molar-refractivity contribution in [3.05, 3.63) is 53.6 Å². The molecule has 2 aliphatic heterocycles. The maximum Gasteiger partial charge on any atom is 0.407 e. The molecule has 1 saturated heterocycles. The number of benzene rings is 2. The van der Waals surface area contributed by atoms with Crippen LogP contribution in [0.4, 0.5) is 10.5 Å². The Balaban J connectivity index is 1.69. The zero-order valence-electron chi connectivity index (χ0n) is 26.5. The van der Waals surface area contributed by atoms with Crippen molar-refractivity contribution in [2.24, 2.45) is 11.3 Å². The third-order valence-corrected chi connectivity index (χ3v) is 8.88. The van der Waals surface area contributed by atoms with Crippen molar-refractivity contribution in [2.75, 3.05) is 64.8 Å². The molecule has 2 aromatic rings. The highest BCUT2D eigenvalue weighted by Crippen LogP contribution is 2.45. The van der Waals surface area contributed by atoms with Gasteiger partial charge in [0.1, 0.15) is 18.1 Å². The van der Waals surface area contributed by atoms with E-state index in [1.807, 2.05) is 57.2 Å². The molecule has 0 radical (unpaired) electrons. The van der Waals surface area contributed by atoms with Gasteiger partial charge in [0.25, 0.3) is 10.1 Å². The number of likely N-dealkylation sites (tertiary alicyclic amines) is 1. The van der Waals surface area contributed by atoms with Crippen LogP contribution >= 0.6 is 0 Å². The molecule has 1 N–H and O–H groups in total. The number of fused-ring (bicyclic) bond motifs is 1. The molecule has 1 fully saturated rings. The zero-order chi connectivity index (χ0) is 32.1. The summed E-state index contributed by atoms with van der Waals surface area (Å²) in [6.07, 6.45) is 0.218. The van der Waals surface area contributed by atoms with Gasteiger partial charge in [0.05, 0.1) is 51.5 Å². The maximum absolute atomic E-state index is 12.7. The highest BCUT2D eigenvalue weighted by atomic mass is 32.2. The zero-order valence-corrected chi connectivity index (χ0v) is 27.3. The van der Waals surface area contributed by atoms with E-state index >= 15 is 0 Å². The van der Waals surface area contributed by atoms with Gasteiger partial charge in [-0.1, -0.05) is 39.0 Å². The molecular weight excluding hydrogens is 588 g/mol. The lowest BCUT2D eigenvalue weighted by molar-refractivity contribution is -0.0908. The van der Waals surface area contributed by atoms with E-state index in [2.05, 4.69) is 11.0 Å². The molecule has 1 unspecified atom stereocenters. The average Bonchev–Trinajstić information content (AvgIpc) is 2.97. The Hall–Kier alpha value is -3.06. The minimum absolute atomic E-state index is 0.112. The fourth-order valence-corrected chi connectivity index (χ4v) is 6.92. The van der Waals surface area contributed by atoms with Crippen LogP contribution < -0.4 is 14.4 Å². The van der Waals surface area contributed by atoms with Gasteiger partial charge in [0, 0.05) is 38.1 Å². The Bertz CT molecular complexity index is 1360. The Morgan fingerprint density at radius 3 is 2.45 bits per heavy atom. The minimum Gasteiger partial charge on any atom is -0.497 e. The summed E-state index contributed by atoms with van der Waals surface area (Å²) in [6, 6.07) is 13.0. The summed E-state index contributed by atoms with van der Waals surface area (Å²) in [4.78, 5) is 16.3. The van der Waals surface area contributed by atoms with Crippen LogP contribution in [0.25, 0.3) is 0 Å². The Labute approximate surface area is 261 Å². The molecule has 0 spiro atoms. The fourth-order valence-electron chi connectivity index (χ4n) is 6.52. The molecule has 0 aliphatic carbocycles. The van der Waals surface area contributed by atoms with Crippen LogP contribution in [0.2, 0.25) is 0 Å². The van der Waals surface area contributed by atoms with Crippen molar-refractivity contribution in [1.82, 2.24) is 4.90 Å². The molecule has 11 nitrogen and oxygen atoms in total. The summed E-state index contributed by atoms with van der Waals surface area (Å²) < 4.78 is 52.8. The van der Waals surface area contributed by atoms with Gasteiger partial charge in [-0.2, -0.15) is 8.42 Å². The van der Waals surface area contributed by atoms with Gasteiger partial charge < -0.3 is 33.9 Å². The SMILES string of the molecule is COCCCN1CCOc2ccc(CO[C@H]3CN(C(=O)O)C(C(C)(C)C)[C@@H](COS(C)(=O)=O)[C@@H]3c3ccc(OC)cc3)cc21. The number of piperidine rings is 1. The van der Waals surface area contributed by atoms with Crippen molar-refractivity contribution in [3.63, 3.8) is 0 Å². The van der Waals surface area contributed by atoms with E-state index in [-0.39, 0.29) is 25.7 Å². The van der Waals surface area contributed by atoms with Crippen LogP contribution in [0.3, 0.4) is 0 Å². The first-order valence-electron chi connectivity index (χ1n) is 14.9. The monoisotopic (exact) mass is 634 g/mol.